The molecule has 0 radical (unpaired) electrons. The summed E-state index contributed by atoms with van der Waals surface area (Å²) in [6.45, 7) is 4.06. The summed E-state index contributed by atoms with van der Waals surface area (Å²) < 4.78 is 2.36. The normalized spacial score (nSPS) is 30.2. The van der Waals surface area contributed by atoms with E-state index >= 15 is 0 Å². The van der Waals surface area contributed by atoms with Crippen LogP contribution >= 0.6 is 11.6 Å². The second-order valence-corrected chi connectivity index (χ2v) is 7.15. The summed E-state index contributed by atoms with van der Waals surface area (Å²) in [5, 5.41) is -0.0661. The van der Waals surface area contributed by atoms with E-state index in [1.165, 1.54) is 25.7 Å². The summed E-state index contributed by atoms with van der Waals surface area (Å²) in [5.74, 6) is 2.71. The van der Waals surface area contributed by atoms with Crippen molar-refractivity contribution in [2.45, 2.75) is 50.9 Å². The highest BCUT2D eigenvalue weighted by molar-refractivity contribution is 6.20. The standard InChI is InChI=1S/C16H20ClN3/c1-9-3-6-13-16(18-9)20(15(19-13)10(2)17)14-8-11-4-5-12(14)7-11/h3,6,10-12,14H,4-5,7-8H2,1-2H3. The van der Waals surface area contributed by atoms with Gasteiger partial charge < -0.3 is 4.57 Å². The maximum atomic E-state index is 6.39. The first-order valence-corrected chi connectivity index (χ1v) is 8.06. The van der Waals surface area contributed by atoms with E-state index in [2.05, 4.69) is 10.6 Å². The highest BCUT2D eigenvalue weighted by Gasteiger charge is 2.42. The Bertz CT molecular complexity index is 661. The van der Waals surface area contributed by atoms with Crippen LogP contribution in [0.25, 0.3) is 11.2 Å². The molecule has 2 heterocycles. The molecule has 3 nitrogen and oxygen atoms in total. The predicted molar refractivity (Wildman–Crippen MR) is 81.0 cm³/mol. The van der Waals surface area contributed by atoms with Crippen LogP contribution in [0.3, 0.4) is 0 Å². The molecule has 0 saturated heterocycles. The third kappa shape index (κ3) is 1.79. The van der Waals surface area contributed by atoms with E-state index in [4.69, 9.17) is 21.6 Å². The molecule has 0 N–H and O–H groups in total. The van der Waals surface area contributed by atoms with E-state index < -0.39 is 0 Å². The van der Waals surface area contributed by atoms with Crippen LogP contribution in [0.2, 0.25) is 0 Å². The Balaban J connectivity index is 1.91. The first-order chi connectivity index (χ1) is 9.63. The van der Waals surface area contributed by atoms with Gasteiger partial charge in [-0.2, -0.15) is 0 Å². The van der Waals surface area contributed by atoms with Gasteiger partial charge in [-0.3, -0.25) is 0 Å². The van der Waals surface area contributed by atoms with Crippen molar-refractivity contribution in [3.05, 3.63) is 23.7 Å². The van der Waals surface area contributed by atoms with Gasteiger partial charge in [0.1, 0.15) is 11.3 Å². The molecule has 2 fully saturated rings. The number of rotatable bonds is 2. The first-order valence-electron chi connectivity index (χ1n) is 7.63. The average Bonchev–Trinajstić information content (AvgIpc) is 3.10. The maximum Gasteiger partial charge on any atom is 0.160 e. The Morgan fingerprint density at radius 3 is 2.75 bits per heavy atom. The van der Waals surface area contributed by atoms with E-state index in [9.17, 15) is 0 Å². The number of hydrogen-bond acceptors (Lipinski definition) is 2. The summed E-state index contributed by atoms with van der Waals surface area (Å²) in [7, 11) is 0. The number of nitrogens with zero attached hydrogens (tertiary/aromatic N) is 3. The maximum absolute atomic E-state index is 6.39. The molecule has 2 saturated carbocycles. The monoisotopic (exact) mass is 289 g/mol. The minimum Gasteiger partial charge on any atom is -0.308 e. The van der Waals surface area contributed by atoms with Crippen molar-refractivity contribution in [1.82, 2.24) is 14.5 Å². The Kier molecular flexibility index (Phi) is 2.81. The lowest BCUT2D eigenvalue weighted by molar-refractivity contribution is 0.328. The van der Waals surface area contributed by atoms with E-state index in [0.29, 0.717) is 6.04 Å². The number of pyridine rings is 1. The Morgan fingerprint density at radius 1 is 1.25 bits per heavy atom. The topological polar surface area (TPSA) is 30.7 Å². The van der Waals surface area contributed by atoms with Crippen molar-refractivity contribution in [2.75, 3.05) is 0 Å². The van der Waals surface area contributed by atoms with Crippen molar-refractivity contribution < 1.29 is 0 Å². The molecule has 4 heteroatoms. The van der Waals surface area contributed by atoms with Gasteiger partial charge in [0.25, 0.3) is 0 Å². The molecule has 2 aromatic rings. The van der Waals surface area contributed by atoms with Gasteiger partial charge in [-0.1, -0.05) is 6.42 Å². The Hall–Kier alpha value is -1.09. The fourth-order valence-electron chi connectivity index (χ4n) is 4.22. The molecule has 0 amide bonds. The highest BCUT2D eigenvalue weighted by atomic mass is 35.5. The van der Waals surface area contributed by atoms with Gasteiger partial charge >= 0.3 is 0 Å². The third-order valence-electron chi connectivity index (χ3n) is 5.09. The second kappa shape index (κ2) is 4.45. The van der Waals surface area contributed by atoms with Crippen LogP contribution in [0.15, 0.2) is 12.1 Å². The summed E-state index contributed by atoms with van der Waals surface area (Å²) in [6, 6.07) is 4.66. The molecule has 20 heavy (non-hydrogen) atoms. The smallest absolute Gasteiger partial charge is 0.160 e. The fraction of sp³-hybridized carbons (Fsp3) is 0.625. The largest absolute Gasteiger partial charge is 0.308 e. The quantitative estimate of drug-likeness (QED) is 0.767. The average molecular weight is 290 g/mol. The molecule has 4 atom stereocenters. The molecule has 4 unspecified atom stereocenters. The van der Waals surface area contributed by atoms with Gasteiger partial charge in [0.15, 0.2) is 5.65 Å². The number of fused-ring (bicyclic) bond motifs is 3. The van der Waals surface area contributed by atoms with Crippen molar-refractivity contribution >= 4 is 22.8 Å². The minimum atomic E-state index is -0.0661. The first kappa shape index (κ1) is 12.6. The summed E-state index contributed by atoms with van der Waals surface area (Å²) >= 11 is 6.39. The highest BCUT2D eigenvalue weighted by Crippen LogP contribution is 2.52. The molecular formula is C16H20ClN3. The number of aromatic nitrogens is 3. The van der Waals surface area contributed by atoms with Crippen LogP contribution in [-0.2, 0) is 0 Å². The summed E-state index contributed by atoms with van der Waals surface area (Å²) in [6.07, 6.45) is 5.43. The number of imidazole rings is 1. The number of hydrogen-bond donors (Lipinski definition) is 0. The van der Waals surface area contributed by atoms with Gasteiger partial charge in [-0.05, 0) is 57.1 Å². The molecule has 0 aliphatic heterocycles. The lowest BCUT2D eigenvalue weighted by Crippen LogP contribution is -2.19. The summed E-state index contributed by atoms with van der Waals surface area (Å²) in [4.78, 5) is 9.50. The van der Waals surface area contributed by atoms with Crippen LogP contribution < -0.4 is 0 Å². The molecule has 4 rings (SSSR count). The second-order valence-electron chi connectivity index (χ2n) is 6.49. The molecule has 0 spiro atoms. The van der Waals surface area contributed by atoms with Crippen LogP contribution in [0.5, 0.6) is 0 Å². The van der Waals surface area contributed by atoms with Crippen LogP contribution in [-0.4, -0.2) is 14.5 Å². The van der Waals surface area contributed by atoms with Crippen molar-refractivity contribution in [3.63, 3.8) is 0 Å². The number of aryl methyl sites for hydroxylation is 1. The van der Waals surface area contributed by atoms with Gasteiger partial charge in [-0.15, -0.1) is 11.6 Å². The van der Waals surface area contributed by atoms with Crippen molar-refractivity contribution in [3.8, 4) is 0 Å². The Morgan fingerprint density at radius 2 is 2.10 bits per heavy atom. The molecule has 2 aliphatic rings. The molecule has 0 aromatic carbocycles. The fourth-order valence-corrected chi connectivity index (χ4v) is 4.37. The lowest BCUT2D eigenvalue weighted by Gasteiger charge is -2.25. The van der Waals surface area contributed by atoms with Gasteiger partial charge in [-0.25, -0.2) is 9.97 Å². The third-order valence-corrected chi connectivity index (χ3v) is 5.29. The van der Waals surface area contributed by atoms with Crippen LogP contribution in [0.4, 0.5) is 0 Å². The van der Waals surface area contributed by atoms with E-state index in [1.807, 2.05) is 19.9 Å². The lowest BCUT2D eigenvalue weighted by atomic mass is 9.95. The zero-order chi connectivity index (χ0) is 13.9. The SMILES string of the molecule is Cc1ccc2nc(C(C)Cl)n(C3CC4CCC3C4)c2n1. The zero-order valence-corrected chi connectivity index (χ0v) is 12.8. The zero-order valence-electron chi connectivity index (χ0n) is 12.0. The molecule has 2 bridgehead atoms. The molecule has 106 valence electrons. The molecular weight excluding hydrogens is 270 g/mol. The van der Waals surface area contributed by atoms with Gasteiger partial charge in [0.05, 0.1) is 5.38 Å². The minimum absolute atomic E-state index is 0.0661. The predicted octanol–water partition coefficient (Wildman–Crippen LogP) is 4.40. The van der Waals surface area contributed by atoms with E-state index in [-0.39, 0.29) is 5.38 Å². The van der Waals surface area contributed by atoms with Crippen LogP contribution in [0, 0.1) is 18.8 Å². The molecule has 2 aromatic heterocycles. The van der Waals surface area contributed by atoms with E-state index in [0.717, 1.165) is 34.5 Å². The summed E-state index contributed by atoms with van der Waals surface area (Å²) in [5.41, 5.74) is 3.07. The van der Waals surface area contributed by atoms with Crippen molar-refractivity contribution in [1.29, 1.82) is 0 Å². The number of alkyl halides is 1. The number of halogens is 1. The Labute approximate surface area is 124 Å². The van der Waals surface area contributed by atoms with Gasteiger partial charge in [0.2, 0.25) is 0 Å². The van der Waals surface area contributed by atoms with E-state index in [1.54, 1.807) is 0 Å². The molecule has 2 aliphatic carbocycles. The van der Waals surface area contributed by atoms with Crippen LogP contribution in [0.1, 0.15) is 55.5 Å². The van der Waals surface area contributed by atoms with Crippen molar-refractivity contribution in [2.24, 2.45) is 11.8 Å². The van der Waals surface area contributed by atoms with Gasteiger partial charge in [0, 0.05) is 11.7 Å².